The predicted octanol–water partition coefficient (Wildman–Crippen LogP) is 0.778. The van der Waals surface area contributed by atoms with Gasteiger partial charge in [-0.25, -0.2) is 14.4 Å². The van der Waals surface area contributed by atoms with Crippen LogP contribution in [0.15, 0.2) is 0 Å². The first-order valence-electron chi connectivity index (χ1n) is 13.9. The van der Waals surface area contributed by atoms with Crippen LogP contribution >= 0.6 is 23.5 Å². The topological polar surface area (TPSA) is 175 Å². The highest BCUT2D eigenvalue weighted by atomic mass is 32.2. The van der Waals surface area contributed by atoms with E-state index in [1.54, 1.807) is 7.05 Å². The van der Waals surface area contributed by atoms with E-state index in [1.165, 1.54) is 0 Å². The van der Waals surface area contributed by atoms with Crippen molar-refractivity contribution < 1.29 is 33.6 Å². The number of amides is 7. The number of carbonyl (C=O) groups excluding carboxylic acids is 6. The number of hydroxylamine groups is 2. The van der Waals surface area contributed by atoms with Crippen molar-refractivity contribution in [3.05, 3.63) is 0 Å². The highest BCUT2D eigenvalue weighted by molar-refractivity contribution is 8.00. The Balaban J connectivity index is 0.000000194. The van der Waals surface area contributed by atoms with Crippen molar-refractivity contribution in [3.63, 3.8) is 0 Å². The molecule has 0 radical (unpaired) electrons. The number of urea groups is 2. The zero-order valence-corrected chi connectivity index (χ0v) is 24.2. The van der Waals surface area contributed by atoms with Crippen molar-refractivity contribution in [2.75, 3.05) is 18.6 Å². The molecule has 5 heterocycles. The van der Waals surface area contributed by atoms with Crippen LogP contribution in [0.1, 0.15) is 64.2 Å². The molecule has 222 valence electrons. The SMILES string of the molecule is CNC(=O)CCCC[C@@H]1SC[C@@H]2NC(=O)N[C@@H]21.O=C1N[C@H]2[C@H](CS[C@H]2CCCCC(=O)ON2C(=O)CCC2=O)N1. The average Bonchev–Trinajstić information content (AvgIpc) is 3.72. The lowest BCUT2D eigenvalue weighted by Gasteiger charge is -2.16. The van der Waals surface area contributed by atoms with E-state index in [0.29, 0.717) is 34.4 Å². The molecule has 0 aromatic rings. The number of carbonyl (C=O) groups is 6. The molecule has 0 unspecified atom stereocenters. The molecule has 0 aliphatic carbocycles. The number of thioether (sulfide) groups is 2. The van der Waals surface area contributed by atoms with Crippen LogP contribution in [0.3, 0.4) is 0 Å². The zero-order valence-electron chi connectivity index (χ0n) is 22.6. The van der Waals surface area contributed by atoms with Crippen LogP contribution in [-0.2, 0) is 24.0 Å². The fraction of sp³-hybridized carbons (Fsp3) is 0.760. The number of imide groups is 1. The molecule has 6 atom stereocenters. The lowest BCUT2D eigenvalue weighted by atomic mass is 10.0. The minimum absolute atomic E-state index is 0.0318. The molecule has 0 bridgehead atoms. The minimum atomic E-state index is -0.554. The lowest BCUT2D eigenvalue weighted by molar-refractivity contribution is -0.197. The number of rotatable bonds is 11. The summed E-state index contributed by atoms with van der Waals surface area (Å²) in [5.74, 6) is 0.556. The standard InChI is InChI=1S/C14H19N3O5S.C11H19N3O2S/c18-10-5-6-11(19)17(10)22-12(20)4-2-1-3-9-13-8(7-23-9)15-14(21)16-13;1-12-9(15)5-3-2-4-8-10-7(6-17-8)13-11(16)14-10/h8-9,13H,1-7H2,(H2,15,16,21);7-8,10H,2-6H2,1H3,(H,12,15)(H2,13,14,16)/t8-,9-,13-;7-,8-,10-/m00/s1. The van der Waals surface area contributed by atoms with Gasteiger partial charge in [0.05, 0.1) is 24.2 Å². The van der Waals surface area contributed by atoms with Gasteiger partial charge in [-0.05, 0) is 25.7 Å². The van der Waals surface area contributed by atoms with Gasteiger partial charge in [0.25, 0.3) is 11.8 Å². The van der Waals surface area contributed by atoms with E-state index >= 15 is 0 Å². The van der Waals surface area contributed by atoms with Crippen molar-refractivity contribution in [3.8, 4) is 0 Å². The van der Waals surface area contributed by atoms with Gasteiger partial charge in [-0.2, -0.15) is 23.5 Å². The average molecular weight is 599 g/mol. The second kappa shape index (κ2) is 14.3. The van der Waals surface area contributed by atoms with E-state index in [0.717, 1.165) is 43.6 Å². The summed E-state index contributed by atoms with van der Waals surface area (Å²) in [6.07, 6.45) is 6.39. The molecule has 7 amide bonds. The summed E-state index contributed by atoms with van der Waals surface area (Å²) in [5.41, 5.74) is 0. The number of hydrogen-bond donors (Lipinski definition) is 5. The Labute approximate surface area is 241 Å². The number of nitrogens with one attached hydrogen (secondary N) is 5. The van der Waals surface area contributed by atoms with Gasteiger partial charge in [0.1, 0.15) is 0 Å². The molecule has 5 aliphatic heterocycles. The molecule has 5 aliphatic rings. The Morgan fingerprint density at radius 2 is 1.30 bits per heavy atom. The van der Waals surface area contributed by atoms with Gasteiger partial charge >= 0.3 is 18.0 Å². The second-order valence-electron chi connectivity index (χ2n) is 10.5. The maximum Gasteiger partial charge on any atom is 0.333 e. The molecule has 5 rings (SSSR count). The molecule has 5 saturated heterocycles. The van der Waals surface area contributed by atoms with Gasteiger partial charge in [-0.3, -0.25) is 14.4 Å². The molecule has 5 fully saturated rings. The molecule has 13 nitrogen and oxygen atoms in total. The first kappa shape index (κ1) is 30.3. The van der Waals surface area contributed by atoms with Crippen molar-refractivity contribution in [1.82, 2.24) is 31.6 Å². The number of hydrogen-bond acceptors (Lipinski definition) is 9. The summed E-state index contributed by atoms with van der Waals surface area (Å²) in [7, 11) is 1.67. The molecule has 5 N–H and O–H groups in total. The fourth-order valence-electron chi connectivity index (χ4n) is 5.46. The normalized spacial score (nSPS) is 30.0. The van der Waals surface area contributed by atoms with Crippen molar-refractivity contribution in [2.45, 2.75) is 98.9 Å². The Kier molecular flexibility index (Phi) is 10.8. The Morgan fingerprint density at radius 1 is 0.800 bits per heavy atom. The quantitative estimate of drug-likeness (QED) is 0.131. The van der Waals surface area contributed by atoms with Crippen molar-refractivity contribution in [1.29, 1.82) is 0 Å². The van der Waals surface area contributed by atoms with E-state index in [4.69, 9.17) is 4.84 Å². The van der Waals surface area contributed by atoms with E-state index in [1.807, 2.05) is 23.5 Å². The van der Waals surface area contributed by atoms with E-state index in [-0.39, 0.29) is 55.4 Å². The maximum absolute atomic E-state index is 11.7. The fourth-order valence-corrected chi connectivity index (χ4v) is 8.55. The van der Waals surface area contributed by atoms with Gasteiger partial charge in [0.2, 0.25) is 5.91 Å². The largest absolute Gasteiger partial charge is 0.359 e. The van der Waals surface area contributed by atoms with Crippen LogP contribution < -0.4 is 26.6 Å². The van der Waals surface area contributed by atoms with Crippen molar-refractivity contribution >= 4 is 59.3 Å². The molecule has 0 spiro atoms. The van der Waals surface area contributed by atoms with Crippen LogP contribution in [0, 0.1) is 0 Å². The summed E-state index contributed by atoms with van der Waals surface area (Å²) in [5, 5.41) is 15.8. The van der Waals surface area contributed by atoms with Crippen molar-refractivity contribution in [2.24, 2.45) is 0 Å². The van der Waals surface area contributed by atoms with Gasteiger partial charge in [-0.1, -0.05) is 12.8 Å². The third-order valence-electron chi connectivity index (χ3n) is 7.62. The van der Waals surface area contributed by atoms with Gasteiger partial charge < -0.3 is 31.4 Å². The highest BCUT2D eigenvalue weighted by Gasteiger charge is 2.43. The molecule has 0 saturated carbocycles. The third kappa shape index (κ3) is 7.95. The number of fused-ring (bicyclic) bond motifs is 2. The monoisotopic (exact) mass is 598 g/mol. The Hall–Kier alpha value is -2.68. The summed E-state index contributed by atoms with van der Waals surface area (Å²) in [6.45, 7) is 0. The van der Waals surface area contributed by atoms with Crippen LogP contribution in [0.2, 0.25) is 0 Å². The van der Waals surface area contributed by atoms with Crippen LogP contribution in [-0.4, -0.2) is 94.0 Å². The Morgan fingerprint density at radius 3 is 1.80 bits per heavy atom. The molecule has 15 heteroatoms. The zero-order chi connectivity index (χ0) is 28.6. The smallest absolute Gasteiger partial charge is 0.333 e. The van der Waals surface area contributed by atoms with E-state index < -0.39 is 17.8 Å². The summed E-state index contributed by atoms with van der Waals surface area (Å²) in [6, 6.07) is 0.822. The van der Waals surface area contributed by atoms with Crippen LogP contribution in [0.5, 0.6) is 0 Å². The third-order valence-corrected chi connectivity index (χ3v) is 10.6. The Bertz CT molecular complexity index is 985. The van der Waals surface area contributed by atoms with Crippen LogP contribution in [0.25, 0.3) is 0 Å². The molecular weight excluding hydrogens is 560 g/mol. The lowest BCUT2D eigenvalue weighted by Crippen LogP contribution is -2.36. The minimum Gasteiger partial charge on any atom is -0.359 e. The summed E-state index contributed by atoms with van der Waals surface area (Å²) >= 11 is 3.75. The molecular formula is C25H38N6O7S2. The molecule has 0 aromatic carbocycles. The number of unbranched alkanes of at least 4 members (excludes halogenated alkanes) is 2. The van der Waals surface area contributed by atoms with Gasteiger partial charge in [0.15, 0.2) is 0 Å². The first-order valence-corrected chi connectivity index (χ1v) is 16.0. The maximum atomic E-state index is 11.7. The first-order chi connectivity index (χ1) is 19.2. The predicted molar refractivity (Wildman–Crippen MR) is 149 cm³/mol. The number of nitrogens with zero attached hydrogens (tertiary/aromatic N) is 1. The molecule has 40 heavy (non-hydrogen) atoms. The highest BCUT2D eigenvalue weighted by Crippen LogP contribution is 2.34. The van der Waals surface area contributed by atoms with Crippen LogP contribution in [0.4, 0.5) is 9.59 Å². The van der Waals surface area contributed by atoms with E-state index in [2.05, 4.69) is 26.6 Å². The molecule has 0 aromatic heterocycles. The summed E-state index contributed by atoms with van der Waals surface area (Å²) in [4.78, 5) is 72.7. The second-order valence-corrected chi connectivity index (χ2v) is 13.0. The summed E-state index contributed by atoms with van der Waals surface area (Å²) < 4.78 is 0. The van der Waals surface area contributed by atoms with Gasteiger partial charge in [-0.15, -0.1) is 5.06 Å². The van der Waals surface area contributed by atoms with Gasteiger partial charge in [0, 0.05) is 54.7 Å². The van der Waals surface area contributed by atoms with E-state index in [9.17, 15) is 28.8 Å².